The van der Waals surface area contributed by atoms with E-state index < -0.39 is 0 Å². The molecular formula is C23H30FN. The summed E-state index contributed by atoms with van der Waals surface area (Å²) in [6.45, 7) is -0.228. The average Bonchev–Trinajstić information content (AvgIpc) is 2.69. The van der Waals surface area contributed by atoms with Gasteiger partial charge in [-0.25, -0.2) is 0 Å². The van der Waals surface area contributed by atoms with Gasteiger partial charge in [-0.2, -0.15) is 5.26 Å². The van der Waals surface area contributed by atoms with Gasteiger partial charge in [-0.15, -0.1) is 0 Å². The Morgan fingerprint density at radius 3 is 2.08 bits per heavy atom. The predicted octanol–water partition coefficient (Wildman–Crippen LogP) is 6.55. The van der Waals surface area contributed by atoms with Crippen molar-refractivity contribution in [2.24, 2.45) is 17.8 Å². The normalized spacial score (nSPS) is 30.2. The van der Waals surface area contributed by atoms with Crippen LogP contribution in [0.3, 0.4) is 0 Å². The van der Waals surface area contributed by atoms with E-state index in [0.717, 1.165) is 17.4 Å². The van der Waals surface area contributed by atoms with Gasteiger partial charge in [0.05, 0.1) is 18.3 Å². The maximum absolute atomic E-state index is 12.2. The lowest BCUT2D eigenvalue weighted by atomic mass is 9.68. The second kappa shape index (κ2) is 9.18. The van der Waals surface area contributed by atoms with E-state index in [1.54, 1.807) is 0 Å². The lowest BCUT2D eigenvalue weighted by Crippen LogP contribution is -2.25. The van der Waals surface area contributed by atoms with Gasteiger partial charge in [0.15, 0.2) is 0 Å². The van der Waals surface area contributed by atoms with Gasteiger partial charge in [0.1, 0.15) is 0 Å². The van der Waals surface area contributed by atoms with Crippen LogP contribution in [0, 0.1) is 29.1 Å². The summed E-state index contributed by atoms with van der Waals surface area (Å²) in [7, 11) is 0. The predicted molar refractivity (Wildman–Crippen MR) is 101 cm³/mol. The Morgan fingerprint density at radius 2 is 1.52 bits per heavy atom. The number of nitrogens with zero attached hydrogens (tertiary/aromatic N) is 1. The van der Waals surface area contributed by atoms with E-state index in [2.05, 4.69) is 24.3 Å². The van der Waals surface area contributed by atoms with Crippen molar-refractivity contribution in [3.8, 4) is 6.07 Å². The maximum atomic E-state index is 12.2. The van der Waals surface area contributed by atoms with E-state index in [1.807, 2.05) is 18.2 Å². The maximum Gasteiger partial charge on any atom is 0.0991 e. The van der Waals surface area contributed by atoms with Crippen LogP contribution < -0.4 is 0 Å². The van der Waals surface area contributed by atoms with E-state index in [0.29, 0.717) is 18.3 Å². The van der Waals surface area contributed by atoms with Crippen molar-refractivity contribution >= 4 is 0 Å². The first kappa shape index (κ1) is 18.2. The van der Waals surface area contributed by atoms with Gasteiger partial charge in [0.25, 0.3) is 0 Å². The zero-order chi connectivity index (χ0) is 17.5. The van der Waals surface area contributed by atoms with Gasteiger partial charge in [-0.1, -0.05) is 24.3 Å². The summed E-state index contributed by atoms with van der Waals surface area (Å²) in [6, 6.07) is 10.4. The molecule has 2 saturated carbocycles. The molecule has 0 spiro atoms. The highest BCUT2D eigenvalue weighted by Crippen LogP contribution is 2.44. The van der Waals surface area contributed by atoms with Crippen LogP contribution in [0.1, 0.15) is 74.8 Å². The molecule has 1 nitrogen and oxygen atoms in total. The number of hydrogen-bond acceptors (Lipinski definition) is 1. The molecular weight excluding hydrogens is 309 g/mol. The molecule has 2 aliphatic rings. The molecule has 0 amide bonds. The number of alkyl halides is 1. The largest absolute Gasteiger partial charge is 0.251 e. The van der Waals surface area contributed by atoms with Crippen molar-refractivity contribution in [2.75, 3.05) is 6.67 Å². The number of hydrogen-bond donors (Lipinski definition) is 0. The summed E-state index contributed by atoms with van der Waals surface area (Å²) in [5, 5.41) is 8.93. The SMILES string of the molecule is N#Cc1ccc(C2CCC(C3CCC(/C=C/CCF)CC3)CC2)cc1. The number of rotatable bonds is 5. The minimum absolute atomic E-state index is 0.228. The molecule has 0 aliphatic heterocycles. The van der Waals surface area contributed by atoms with Crippen LogP contribution in [0.2, 0.25) is 0 Å². The van der Waals surface area contributed by atoms with Crippen LogP contribution in [0.25, 0.3) is 0 Å². The Hall–Kier alpha value is -1.62. The summed E-state index contributed by atoms with van der Waals surface area (Å²) in [6.07, 6.45) is 15.5. The first-order chi connectivity index (χ1) is 12.3. The van der Waals surface area contributed by atoms with Crippen LogP contribution in [0.15, 0.2) is 36.4 Å². The summed E-state index contributed by atoms with van der Waals surface area (Å²) in [5.74, 6) is 3.19. The number of allylic oxidation sites excluding steroid dienone is 2. The number of benzene rings is 1. The van der Waals surface area contributed by atoms with Gasteiger partial charge in [-0.3, -0.25) is 4.39 Å². The molecule has 0 saturated heterocycles. The number of halogens is 1. The van der Waals surface area contributed by atoms with Crippen molar-refractivity contribution in [1.29, 1.82) is 5.26 Å². The fourth-order valence-electron chi connectivity index (χ4n) is 4.91. The van der Waals surface area contributed by atoms with Gasteiger partial charge < -0.3 is 0 Å². The smallest absolute Gasteiger partial charge is 0.0991 e. The summed E-state index contributed by atoms with van der Waals surface area (Å²) in [4.78, 5) is 0. The molecule has 1 aromatic carbocycles. The van der Waals surface area contributed by atoms with Crippen LogP contribution in [0.5, 0.6) is 0 Å². The molecule has 25 heavy (non-hydrogen) atoms. The van der Waals surface area contributed by atoms with Crippen molar-refractivity contribution in [2.45, 2.75) is 63.7 Å². The Morgan fingerprint density at radius 1 is 0.920 bits per heavy atom. The van der Waals surface area contributed by atoms with E-state index in [-0.39, 0.29) is 6.67 Å². The highest BCUT2D eigenvalue weighted by atomic mass is 19.1. The highest BCUT2D eigenvalue weighted by Gasteiger charge is 2.30. The minimum Gasteiger partial charge on any atom is -0.251 e. The third kappa shape index (κ3) is 4.94. The van der Waals surface area contributed by atoms with E-state index in [1.165, 1.54) is 56.9 Å². The van der Waals surface area contributed by atoms with Crippen molar-refractivity contribution in [3.05, 3.63) is 47.5 Å². The van der Waals surface area contributed by atoms with E-state index in [9.17, 15) is 4.39 Å². The van der Waals surface area contributed by atoms with Gasteiger partial charge in [0, 0.05) is 0 Å². The molecule has 1 aromatic rings. The topological polar surface area (TPSA) is 23.8 Å². The van der Waals surface area contributed by atoms with Gasteiger partial charge in [-0.05, 0) is 99.2 Å². The summed E-state index contributed by atoms with van der Waals surface area (Å²) < 4.78 is 12.2. The Labute approximate surface area is 151 Å². The van der Waals surface area contributed by atoms with Crippen LogP contribution in [0.4, 0.5) is 4.39 Å². The molecule has 2 heteroatoms. The van der Waals surface area contributed by atoms with Crippen LogP contribution in [-0.4, -0.2) is 6.67 Å². The fraction of sp³-hybridized carbons (Fsp3) is 0.609. The van der Waals surface area contributed by atoms with Crippen molar-refractivity contribution in [1.82, 2.24) is 0 Å². The second-order valence-electron chi connectivity index (χ2n) is 7.93. The second-order valence-corrected chi connectivity index (χ2v) is 7.93. The molecule has 2 aliphatic carbocycles. The quantitative estimate of drug-likeness (QED) is 0.558. The molecule has 2 fully saturated rings. The average molecular weight is 339 g/mol. The molecule has 0 aromatic heterocycles. The fourth-order valence-corrected chi connectivity index (χ4v) is 4.91. The first-order valence-corrected chi connectivity index (χ1v) is 10.0. The summed E-state index contributed by atoms with van der Waals surface area (Å²) in [5.41, 5.74) is 2.17. The lowest BCUT2D eigenvalue weighted by molar-refractivity contribution is 0.171. The third-order valence-electron chi connectivity index (χ3n) is 6.45. The molecule has 0 N–H and O–H groups in total. The molecule has 0 heterocycles. The Balaban J connectivity index is 1.44. The molecule has 0 radical (unpaired) electrons. The third-order valence-corrected chi connectivity index (χ3v) is 6.45. The van der Waals surface area contributed by atoms with Gasteiger partial charge in [0.2, 0.25) is 0 Å². The standard InChI is InChI=1S/C23H30FN/c24-16-2-1-3-18-4-8-20(9-5-18)22-12-14-23(15-13-22)21-10-6-19(17-25)7-11-21/h1,3,6-7,10-11,18,20,22-23H,2,4-5,8-9,12-16H2/b3-1+. The number of nitriles is 1. The molecule has 0 bridgehead atoms. The minimum atomic E-state index is -0.228. The summed E-state index contributed by atoms with van der Waals surface area (Å²) >= 11 is 0. The molecule has 0 atom stereocenters. The van der Waals surface area contributed by atoms with Crippen molar-refractivity contribution in [3.63, 3.8) is 0 Å². The Kier molecular flexibility index (Phi) is 6.68. The van der Waals surface area contributed by atoms with E-state index in [4.69, 9.17) is 5.26 Å². The zero-order valence-electron chi connectivity index (χ0n) is 15.2. The zero-order valence-corrected chi connectivity index (χ0v) is 15.2. The molecule has 0 unspecified atom stereocenters. The molecule has 134 valence electrons. The highest BCUT2D eigenvalue weighted by molar-refractivity contribution is 5.33. The lowest BCUT2D eigenvalue weighted by Gasteiger charge is -2.37. The first-order valence-electron chi connectivity index (χ1n) is 10.0. The van der Waals surface area contributed by atoms with Gasteiger partial charge >= 0.3 is 0 Å². The monoisotopic (exact) mass is 339 g/mol. The van der Waals surface area contributed by atoms with Crippen LogP contribution >= 0.6 is 0 Å². The Bertz CT molecular complexity index is 582. The van der Waals surface area contributed by atoms with Crippen molar-refractivity contribution < 1.29 is 4.39 Å². The van der Waals surface area contributed by atoms with E-state index >= 15 is 0 Å². The van der Waals surface area contributed by atoms with Crippen LogP contribution in [-0.2, 0) is 0 Å². The molecule has 3 rings (SSSR count).